The molecule has 2 heterocycles. The summed E-state index contributed by atoms with van der Waals surface area (Å²) in [4.78, 5) is 10.6. The van der Waals surface area contributed by atoms with E-state index in [-0.39, 0.29) is 5.95 Å². The first-order valence-corrected chi connectivity index (χ1v) is 6.16. The molecule has 5 heteroatoms. The van der Waals surface area contributed by atoms with Crippen LogP contribution in [0.1, 0.15) is 26.2 Å². The second-order valence-corrected chi connectivity index (χ2v) is 4.49. The van der Waals surface area contributed by atoms with Crippen LogP contribution in [0, 0.1) is 5.92 Å². The number of methoxy groups -OCH3 is 1. The van der Waals surface area contributed by atoms with Gasteiger partial charge in [-0.25, -0.2) is 0 Å². The maximum Gasteiger partial charge on any atom is 0.225 e. The van der Waals surface area contributed by atoms with E-state index in [2.05, 4.69) is 21.8 Å². The Kier molecular flexibility index (Phi) is 3.66. The Bertz CT molecular complexity index is 383. The summed E-state index contributed by atoms with van der Waals surface area (Å²) in [6.07, 6.45) is 3.74. The predicted molar refractivity (Wildman–Crippen MR) is 68.2 cm³/mol. The summed E-state index contributed by atoms with van der Waals surface area (Å²) < 4.78 is 5.12. The van der Waals surface area contributed by atoms with Gasteiger partial charge in [-0.3, -0.25) is 0 Å². The van der Waals surface area contributed by atoms with Gasteiger partial charge in [0.1, 0.15) is 5.82 Å². The number of aromatic nitrogens is 2. The number of piperidine rings is 1. The molecule has 0 spiro atoms. The van der Waals surface area contributed by atoms with Crippen LogP contribution >= 0.6 is 0 Å². The average Bonchev–Trinajstić information content (AvgIpc) is 2.38. The van der Waals surface area contributed by atoms with Gasteiger partial charge in [-0.1, -0.05) is 13.3 Å². The second-order valence-electron chi connectivity index (χ2n) is 4.49. The van der Waals surface area contributed by atoms with Crippen molar-refractivity contribution >= 4 is 11.8 Å². The minimum Gasteiger partial charge on any atom is -0.481 e. The fourth-order valence-corrected chi connectivity index (χ4v) is 2.30. The van der Waals surface area contributed by atoms with Gasteiger partial charge in [0.15, 0.2) is 0 Å². The lowest BCUT2D eigenvalue weighted by molar-refractivity contribution is 0.392. The molecule has 2 N–H and O–H groups in total. The van der Waals surface area contributed by atoms with Gasteiger partial charge in [-0.05, 0) is 18.8 Å². The fraction of sp³-hybridized carbons (Fsp3) is 0.667. The number of rotatable bonds is 3. The van der Waals surface area contributed by atoms with Crippen molar-refractivity contribution in [2.24, 2.45) is 5.92 Å². The zero-order chi connectivity index (χ0) is 12.3. The van der Waals surface area contributed by atoms with E-state index >= 15 is 0 Å². The molecule has 0 saturated carbocycles. The maximum atomic E-state index is 5.68. The van der Waals surface area contributed by atoms with Crippen LogP contribution in [0.4, 0.5) is 11.8 Å². The Morgan fingerprint density at radius 1 is 1.53 bits per heavy atom. The number of anilines is 2. The van der Waals surface area contributed by atoms with E-state index in [1.807, 2.05) is 6.07 Å². The van der Waals surface area contributed by atoms with Crippen LogP contribution in [-0.2, 0) is 0 Å². The Morgan fingerprint density at radius 3 is 3.06 bits per heavy atom. The Morgan fingerprint density at radius 2 is 2.35 bits per heavy atom. The van der Waals surface area contributed by atoms with Crippen LogP contribution in [0.25, 0.3) is 0 Å². The molecular weight excluding hydrogens is 216 g/mol. The van der Waals surface area contributed by atoms with Crippen molar-refractivity contribution in [3.05, 3.63) is 6.07 Å². The lowest BCUT2D eigenvalue weighted by Crippen LogP contribution is -2.35. The van der Waals surface area contributed by atoms with E-state index < -0.39 is 0 Å². The third-order valence-corrected chi connectivity index (χ3v) is 3.34. The van der Waals surface area contributed by atoms with Crippen molar-refractivity contribution in [2.45, 2.75) is 26.2 Å². The van der Waals surface area contributed by atoms with Gasteiger partial charge in [0, 0.05) is 19.2 Å². The molecule has 0 aromatic carbocycles. The standard InChI is InChI=1S/C12H20N4O/c1-3-9-5-4-6-16(8-9)10-7-11(17-2)15-12(13)14-10/h7,9H,3-6,8H2,1-2H3,(H2,13,14,15). The summed E-state index contributed by atoms with van der Waals surface area (Å²) in [5, 5.41) is 0. The molecular formula is C12H20N4O. The topological polar surface area (TPSA) is 64.3 Å². The van der Waals surface area contributed by atoms with Crippen molar-refractivity contribution in [2.75, 3.05) is 30.8 Å². The van der Waals surface area contributed by atoms with Gasteiger partial charge in [0.2, 0.25) is 11.8 Å². The van der Waals surface area contributed by atoms with E-state index in [0.717, 1.165) is 24.8 Å². The number of nitrogen functional groups attached to an aromatic ring is 1. The predicted octanol–water partition coefficient (Wildman–Crippen LogP) is 1.69. The molecule has 1 saturated heterocycles. The van der Waals surface area contributed by atoms with Gasteiger partial charge >= 0.3 is 0 Å². The smallest absolute Gasteiger partial charge is 0.225 e. The SMILES string of the molecule is CCC1CCCN(c2cc(OC)nc(N)n2)C1. The van der Waals surface area contributed by atoms with Crippen LogP contribution < -0.4 is 15.4 Å². The number of nitrogens with two attached hydrogens (primary N) is 1. The molecule has 1 aliphatic heterocycles. The van der Waals surface area contributed by atoms with Gasteiger partial charge in [-0.2, -0.15) is 9.97 Å². The molecule has 1 aromatic rings. The molecule has 94 valence electrons. The number of hydrogen-bond acceptors (Lipinski definition) is 5. The average molecular weight is 236 g/mol. The Hall–Kier alpha value is -1.52. The van der Waals surface area contributed by atoms with Gasteiger partial charge in [0.05, 0.1) is 7.11 Å². The molecule has 0 bridgehead atoms. The van der Waals surface area contributed by atoms with Crippen LogP contribution in [-0.4, -0.2) is 30.2 Å². The molecule has 1 fully saturated rings. The van der Waals surface area contributed by atoms with E-state index in [4.69, 9.17) is 10.5 Å². The first-order chi connectivity index (χ1) is 8.22. The minimum atomic E-state index is 0.276. The fourth-order valence-electron chi connectivity index (χ4n) is 2.30. The largest absolute Gasteiger partial charge is 0.481 e. The summed E-state index contributed by atoms with van der Waals surface area (Å²) in [5.41, 5.74) is 5.68. The van der Waals surface area contributed by atoms with Crippen molar-refractivity contribution in [3.8, 4) is 5.88 Å². The van der Waals surface area contributed by atoms with Crippen LogP contribution in [0.5, 0.6) is 5.88 Å². The van der Waals surface area contributed by atoms with Crippen molar-refractivity contribution in [1.29, 1.82) is 0 Å². The lowest BCUT2D eigenvalue weighted by Gasteiger charge is -2.33. The van der Waals surface area contributed by atoms with Crippen LogP contribution in [0.15, 0.2) is 6.07 Å². The van der Waals surface area contributed by atoms with E-state index in [0.29, 0.717) is 5.88 Å². The summed E-state index contributed by atoms with van der Waals surface area (Å²) >= 11 is 0. The van der Waals surface area contributed by atoms with Crippen molar-refractivity contribution in [1.82, 2.24) is 9.97 Å². The van der Waals surface area contributed by atoms with Gasteiger partial charge < -0.3 is 15.4 Å². The molecule has 1 unspecified atom stereocenters. The van der Waals surface area contributed by atoms with Crippen molar-refractivity contribution in [3.63, 3.8) is 0 Å². The number of hydrogen-bond donors (Lipinski definition) is 1. The van der Waals surface area contributed by atoms with E-state index in [1.54, 1.807) is 7.11 Å². The second kappa shape index (κ2) is 5.21. The summed E-state index contributed by atoms with van der Waals surface area (Å²) in [6, 6.07) is 1.86. The molecule has 17 heavy (non-hydrogen) atoms. The molecule has 2 rings (SSSR count). The Balaban J connectivity index is 2.18. The molecule has 0 amide bonds. The van der Waals surface area contributed by atoms with Crippen molar-refractivity contribution < 1.29 is 4.74 Å². The molecule has 0 radical (unpaired) electrons. The quantitative estimate of drug-likeness (QED) is 0.865. The number of nitrogens with zero attached hydrogens (tertiary/aromatic N) is 3. The third-order valence-electron chi connectivity index (χ3n) is 3.34. The molecule has 1 aromatic heterocycles. The molecule has 5 nitrogen and oxygen atoms in total. The maximum absolute atomic E-state index is 5.68. The summed E-state index contributed by atoms with van der Waals surface area (Å²) in [5.74, 6) is 2.45. The minimum absolute atomic E-state index is 0.276. The van der Waals surface area contributed by atoms with Gasteiger partial charge in [0.25, 0.3) is 0 Å². The van der Waals surface area contributed by atoms with E-state index in [9.17, 15) is 0 Å². The molecule has 0 aliphatic carbocycles. The zero-order valence-electron chi connectivity index (χ0n) is 10.5. The summed E-state index contributed by atoms with van der Waals surface area (Å²) in [6.45, 7) is 4.33. The highest BCUT2D eigenvalue weighted by Crippen LogP contribution is 2.25. The summed E-state index contributed by atoms with van der Waals surface area (Å²) in [7, 11) is 1.59. The molecule has 1 aliphatic rings. The highest BCUT2D eigenvalue weighted by Gasteiger charge is 2.20. The number of ether oxygens (including phenoxy) is 1. The lowest BCUT2D eigenvalue weighted by atomic mass is 9.96. The molecule has 1 atom stereocenters. The Labute approximate surface area is 102 Å². The van der Waals surface area contributed by atoms with E-state index in [1.165, 1.54) is 19.3 Å². The first kappa shape index (κ1) is 12.0. The highest BCUT2D eigenvalue weighted by atomic mass is 16.5. The first-order valence-electron chi connectivity index (χ1n) is 6.16. The zero-order valence-corrected chi connectivity index (χ0v) is 10.5. The monoisotopic (exact) mass is 236 g/mol. The van der Waals surface area contributed by atoms with Gasteiger partial charge in [-0.15, -0.1) is 0 Å². The normalized spacial score (nSPS) is 20.4. The third kappa shape index (κ3) is 2.78. The van der Waals surface area contributed by atoms with Crippen LogP contribution in [0.3, 0.4) is 0 Å². The van der Waals surface area contributed by atoms with Crippen LogP contribution in [0.2, 0.25) is 0 Å². The highest BCUT2D eigenvalue weighted by molar-refractivity contribution is 5.45.